The molecule has 1 aliphatic carbocycles. The van der Waals surface area contributed by atoms with Crippen molar-refractivity contribution >= 4 is 12.2 Å². The van der Waals surface area contributed by atoms with E-state index >= 15 is 0 Å². The number of nitrogens with one attached hydrogen (secondary N) is 1. The van der Waals surface area contributed by atoms with Gasteiger partial charge in [-0.25, -0.2) is 4.79 Å². The Hall–Kier alpha value is -1.77. The summed E-state index contributed by atoms with van der Waals surface area (Å²) in [5.41, 5.74) is 0.686. The second-order valence-corrected chi connectivity index (χ2v) is 6.28. The van der Waals surface area contributed by atoms with Crippen LogP contribution in [0.25, 0.3) is 6.08 Å². The zero-order valence-electron chi connectivity index (χ0n) is 12.4. The molecule has 3 heteroatoms. The van der Waals surface area contributed by atoms with E-state index in [9.17, 15) is 4.79 Å². The largest absolute Gasteiger partial charge is 0.444 e. The fourth-order valence-corrected chi connectivity index (χ4v) is 2.00. The van der Waals surface area contributed by atoms with E-state index in [1.807, 2.05) is 51.1 Å². The predicted octanol–water partition coefficient (Wildman–Crippen LogP) is 4.00. The average Bonchev–Trinajstić information content (AvgIpc) is 3.17. The van der Waals surface area contributed by atoms with E-state index in [2.05, 4.69) is 17.5 Å². The van der Waals surface area contributed by atoms with E-state index < -0.39 is 5.60 Å². The summed E-state index contributed by atoms with van der Waals surface area (Å²) in [6.45, 7) is 5.62. The van der Waals surface area contributed by atoms with Gasteiger partial charge in [0.1, 0.15) is 5.60 Å². The summed E-state index contributed by atoms with van der Waals surface area (Å²) in [5.74, 6) is 0.544. The molecule has 3 nitrogen and oxygen atoms in total. The second kappa shape index (κ2) is 6.12. The lowest BCUT2D eigenvalue weighted by Crippen LogP contribution is -2.39. The number of alkyl carbamates (subject to hydrolysis) is 1. The van der Waals surface area contributed by atoms with E-state index in [0.29, 0.717) is 5.92 Å². The summed E-state index contributed by atoms with van der Waals surface area (Å²) in [4.78, 5) is 11.8. The summed E-state index contributed by atoms with van der Waals surface area (Å²) in [7, 11) is 0. The minimum absolute atomic E-state index is 0.0602. The highest BCUT2D eigenvalue weighted by Crippen LogP contribution is 2.33. The molecule has 1 fully saturated rings. The predicted molar refractivity (Wildman–Crippen MR) is 81.4 cm³/mol. The van der Waals surface area contributed by atoms with Gasteiger partial charge in [0.25, 0.3) is 0 Å². The Morgan fingerprint density at radius 1 is 1.30 bits per heavy atom. The molecule has 0 aromatic heterocycles. The Morgan fingerprint density at radius 3 is 2.50 bits per heavy atom. The standard InChI is InChI=1S/C17H23NO2/c1-17(2,3)20-16(19)18-15(14-10-11-14)12-9-13-7-5-4-6-8-13/h4-9,12,14-15H,10-11H2,1-3H3,(H,18,19)/b12-9+/t15-/m1/s1. The van der Waals surface area contributed by atoms with Crippen molar-refractivity contribution in [1.29, 1.82) is 0 Å². The van der Waals surface area contributed by atoms with Gasteiger partial charge in [-0.1, -0.05) is 42.5 Å². The SMILES string of the molecule is CC(C)(C)OC(=O)N[C@H](/C=C/c1ccccc1)C1CC1. The first-order valence-electron chi connectivity index (χ1n) is 7.17. The third kappa shape index (κ3) is 5.08. The number of ether oxygens (including phenoxy) is 1. The highest BCUT2D eigenvalue weighted by molar-refractivity contribution is 5.69. The Kier molecular flexibility index (Phi) is 4.48. The summed E-state index contributed by atoms with van der Waals surface area (Å²) in [6, 6.07) is 10.2. The van der Waals surface area contributed by atoms with Crippen LogP contribution in [0.4, 0.5) is 4.79 Å². The molecule has 0 aliphatic heterocycles. The van der Waals surface area contributed by atoms with Crippen molar-refractivity contribution in [2.45, 2.75) is 45.3 Å². The van der Waals surface area contributed by atoms with E-state index in [-0.39, 0.29) is 12.1 Å². The molecule has 0 unspecified atom stereocenters. The highest BCUT2D eigenvalue weighted by atomic mass is 16.6. The molecule has 1 atom stereocenters. The fraction of sp³-hybridized carbons (Fsp3) is 0.471. The lowest BCUT2D eigenvalue weighted by Gasteiger charge is -2.22. The van der Waals surface area contributed by atoms with E-state index in [4.69, 9.17) is 4.74 Å². The number of carbonyl (C=O) groups is 1. The van der Waals surface area contributed by atoms with Crippen LogP contribution in [0, 0.1) is 5.92 Å². The Balaban J connectivity index is 1.94. The van der Waals surface area contributed by atoms with Crippen molar-refractivity contribution in [2.75, 3.05) is 0 Å². The zero-order valence-corrected chi connectivity index (χ0v) is 12.4. The molecule has 20 heavy (non-hydrogen) atoms. The van der Waals surface area contributed by atoms with Crippen LogP contribution in [-0.4, -0.2) is 17.7 Å². The first kappa shape index (κ1) is 14.6. The van der Waals surface area contributed by atoms with Gasteiger partial charge in [-0.3, -0.25) is 0 Å². The molecule has 0 saturated heterocycles. The van der Waals surface area contributed by atoms with E-state index in [1.165, 1.54) is 12.8 Å². The first-order chi connectivity index (χ1) is 9.44. The van der Waals surface area contributed by atoms with Gasteiger partial charge in [0.05, 0.1) is 6.04 Å². The normalized spacial score (nSPS) is 16.9. The molecule has 0 bridgehead atoms. The van der Waals surface area contributed by atoms with Crippen LogP contribution < -0.4 is 5.32 Å². The van der Waals surface area contributed by atoms with Crippen LogP contribution in [0.1, 0.15) is 39.2 Å². The molecule has 1 aliphatic rings. The van der Waals surface area contributed by atoms with Crippen LogP contribution in [-0.2, 0) is 4.74 Å². The molecule has 0 heterocycles. The van der Waals surface area contributed by atoms with Crippen molar-refractivity contribution in [3.63, 3.8) is 0 Å². The molecule has 108 valence electrons. The Bertz CT molecular complexity index is 470. The number of carbonyl (C=O) groups excluding carboxylic acids is 1. The van der Waals surface area contributed by atoms with Gasteiger partial charge < -0.3 is 10.1 Å². The van der Waals surface area contributed by atoms with Gasteiger partial charge >= 0.3 is 6.09 Å². The van der Waals surface area contributed by atoms with Gasteiger partial charge in [0, 0.05) is 0 Å². The molecule has 1 aromatic rings. The fourth-order valence-electron chi connectivity index (χ4n) is 2.00. The van der Waals surface area contributed by atoms with Crippen molar-refractivity contribution in [2.24, 2.45) is 5.92 Å². The van der Waals surface area contributed by atoms with E-state index in [0.717, 1.165) is 5.56 Å². The summed E-state index contributed by atoms with van der Waals surface area (Å²) in [5, 5.41) is 2.96. The minimum Gasteiger partial charge on any atom is -0.444 e. The van der Waals surface area contributed by atoms with Crippen LogP contribution >= 0.6 is 0 Å². The lowest BCUT2D eigenvalue weighted by molar-refractivity contribution is 0.0510. The van der Waals surface area contributed by atoms with Gasteiger partial charge in [-0.15, -0.1) is 0 Å². The molecular weight excluding hydrogens is 250 g/mol. The number of amides is 1. The monoisotopic (exact) mass is 273 g/mol. The third-order valence-electron chi connectivity index (χ3n) is 3.11. The van der Waals surface area contributed by atoms with Crippen molar-refractivity contribution in [3.8, 4) is 0 Å². The molecule has 1 N–H and O–H groups in total. The summed E-state index contributed by atoms with van der Waals surface area (Å²) < 4.78 is 5.31. The average molecular weight is 273 g/mol. The van der Waals surface area contributed by atoms with Gasteiger partial charge in [0.15, 0.2) is 0 Å². The van der Waals surface area contributed by atoms with Crippen LogP contribution in [0.2, 0.25) is 0 Å². The quantitative estimate of drug-likeness (QED) is 0.900. The van der Waals surface area contributed by atoms with Gasteiger partial charge in [-0.2, -0.15) is 0 Å². The summed E-state index contributed by atoms with van der Waals surface area (Å²) >= 11 is 0. The lowest BCUT2D eigenvalue weighted by atomic mass is 10.1. The van der Waals surface area contributed by atoms with Crippen molar-refractivity contribution in [1.82, 2.24) is 5.32 Å². The molecular formula is C17H23NO2. The van der Waals surface area contributed by atoms with Crippen LogP contribution in [0.3, 0.4) is 0 Å². The Morgan fingerprint density at radius 2 is 1.95 bits per heavy atom. The maximum absolute atomic E-state index is 11.8. The minimum atomic E-state index is -0.457. The number of benzene rings is 1. The molecule has 0 spiro atoms. The zero-order chi connectivity index (χ0) is 14.6. The van der Waals surface area contributed by atoms with E-state index in [1.54, 1.807) is 0 Å². The van der Waals surface area contributed by atoms with Gasteiger partial charge in [0.2, 0.25) is 0 Å². The molecule has 0 radical (unpaired) electrons. The smallest absolute Gasteiger partial charge is 0.408 e. The highest BCUT2D eigenvalue weighted by Gasteiger charge is 2.31. The van der Waals surface area contributed by atoms with Gasteiger partial charge in [-0.05, 0) is 45.1 Å². The van der Waals surface area contributed by atoms with Crippen molar-refractivity contribution < 1.29 is 9.53 Å². The van der Waals surface area contributed by atoms with Crippen LogP contribution in [0.15, 0.2) is 36.4 Å². The second-order valence-electron chi connectivity index (χ2n) is 6.28. The van der Waals surface area contributed by atoms with Crippen molar-refractivity contribution in [3.05, 3.63) is 42.0 Å². The first-order valence-corrected chi connectivity index (χ1v) is 7.17. The molecule has 1 saturated carbocycles. The third-order valence-corrected chi connectivity index (χ3v) is 3.11. The number of rotatable bonds is 4. The maximum Gasteiger partial charge on any atom is 0.408 e. The van der Waals surface area contributed by atoms with Crippen LogP contribution in [0.5, 0.6) is 0 Å². The number of hydrogen-bond donors (Lipinski definition) is 1. The Labute approximate surface area is 121 Å². The maximum atomic E-state index is 11.8. The topological polar surface area (TPSA) is 38.3 Å². The molecule has 2 rings (SSSR count). The number of hydrogen-bond acceptors (Lipinski definition) is 2. The molecule has 1 amide bonds. The molecule has 1 aromatic carbocycles. The summed E-state index contributed by atoms with van der Waals surface area (Å²) in [6.07, 6.45) is 6.11.